The van der Waals surface area contributed by atoms with Crippen molar-refractivity contribution in [3.63, 3.8) is 0 Å². The minimum atomic E-state index is -1.17. The molecule has 2 fully saturated rings. The minimum Gasteiger partial charge on any atom is -0.385 e. The summed E-state index contributed by atoms with van der Waals surface area (Å²) in [5, 5.41) is 6.35. The van der Waals surface area contributed by atoms with Crippen LogP contribution in [0, 0.1) is 11.8 Å². The van der Waals surface area contributed by atoms with Gasteiger partial charge in [0.2, 0.25) is 17.7 Å². The first-order valence-corrected chi connectivity index (χ1v) is 11.0. The Morgan fingerprint density at radius 2 is 2.00 bits per heavy atom. The molecular weight excluding hydrogens is 378 g/mol. The Morgan fingerprint density at radius 3 is 2.75 bits per heavy atom. The normalized spacial score (nSPS) is 30.9. The van der Waals surface area contributed by atoms with E-state index >= 15 is 0 Å². The van der Waals surface area contributed by atoms with Crippen LogP contribution in [-0.2, 0) is 24.7 Å². The first-order chi connectivity index (χ1) is 13.6. The molecule has 3 aliphatic rings. The van der Waals surface area contributed by atoms with Crippen molar-refractivity contribution in [1.29, 1.82) is 0 Å². The van der Waals surface area contributed by atoms with Crippen LogP contribution >= 0.6 is 11.8 Å². The smallest absolute Gasteiger partial charge is 0.250 e. The first-order valence-electron chi connectivity index (χ1n) is 9.58. The quantitative estimate of drug-likeness (QED) is 0.525. The number of para-hydroxylation sites is 1. The Morgan fingerprint density at radius 1 is 1.21 bits per heavy atom. The van der Waals surface area contributed by atoms with E-state index in [4.69, 9.17) is 4.74 Å². The molecule has 0 aliphatic carbocycles. The zero-order chi connectivity index (χ0) is 19.9. The van der Waals surface area contributed by atoms with Crippen LogP contribution in [0.4, 0.5) is 5.69 Å². The molecule has 1 spiro atoms. The van der Waals surface area contributed by atoms with Gasteiger partial charge in [-0.15, -0.1) is 0 Å². The fourth-order valence-electron chi connectivity index (χ4n) is 4.90. The summed E-state index contributed by atoms with van der Waals surface area (Å²) < 4.78 is 5.07. The molecule has 150 valence electrons. The lowest BCUT2D eigenvalue weighted by Crippen LogP contribution is -2.53. The third-order valence-electron chi connectivity index (χ3n) is 6.08. The molecule has 28 heavy (non-hydrogen) atoms. The van der Waals surface area contributed by atoms with E-state index in [9.17, 15) is 14.4 Å². The maximum atomic E-state index is 13.4. The van der Waals surface area contributed by atoms with Crippen molar-refractivity contribution >= 4 is 35.2 Å². The summed E-state index contributed by atoms with van der Waals surface area (Å²) in [4.78, 5) is 41.1. The monoisotopic (exact) mass is 403 g/mol. The van der Waals surface area contributed by atoms with Gasteiger partial charge in [0.15, 0.2) is 0 Å². The average Bonchev–Trinajstić information content (AvgIpc) is 3.27. The van der Waals surface area contributed by atoms with Crippen molar-refractivity contribution in [2.45, 2.75) is 24.4 Å². The Labute approximate surface area is 168 Å². The van der Waals surface area contributed by atoms with Gasteiger partial charge in [-0.05, 0) is 30.9 Å². The molecule has 8 heteroatoms. The van der Waals surface area contributed by atoms with Gasteiger partial charge < -0.3 is 10.1 Å². The molecule has 3 aliphatic heterocycles. The van der Waals surface area contributed by atoms with E-state index < -0.39 is 17.4 Å². The van der Waals surface area contributed by atoms with E-state index in [2.05, 4.69) is 10.6 Å². The fourth-order valence-corrected chi connectivity index (χ4v) is 5.39. The highest BCUT2D eigenvalue weighted by atomic mass is 32.2. The molecule has 0 saturated carbocycles. The molecule has 1 aromatic rings. The summed E-state index contributed by atoms with van der Waals surface area (Å²) in [6.45, 7) is 0.808. The van der Waals surface area contributed by atoms with Crippen LogP contribution in [-0.4, -0.2) is 60.9 Å². The number of likely N-dealkylation sites (tertiary alicyclic amines) is 1. The van der Waals surface area contributed by atoms with Crippen LogP contribution in [0.15, 0.2) is 24.3 Å². The van der Waals surface area contributed by atoms with Crippen molar-refractivity contribution < 1.29 is 19.1 Å². The van der Waals surface area contributed by atoms with E-state index in [0.29, 0.717) is 25.3 Å². The van der Waals surface area contributed by atoms with Crippen molar-refractivity contribution in [2.24, 2.45) is 11.8 Å². The lowest BCUT2D eigenvalue weighted by Gasteiger charge is -2.29. The van der Waals surface area contributed by atoms with Crippen molar-refractivity contribution in [2.75, 3.05) is 37.6 Å². The number of hydrogen-bond donors (Lipinski definition) is 2. The van der Waals surface area contributed by atoms with Gasteiger partial charge in [-0.3, -0.25) is 24.6 Å². The van der Waals surface area contributed by atoms with Crippen LogP contribution in [0.2, 0.25) is 0 Å². The highest BCUT2D eigenvalue weighted by Crippen LogP contribution is 2.53. The molecule has 0 radical (unpaired) electrons. The van der Waals surface area contributed by atoms with Crippen LogP contribution in [0.3, 0.4) is 0 Å². The molecule has 0 aromatic heterocycles. The standard InChI is InChI=1S/C20H25N3O4S/c1-27-10-5-9-23-17(24)15-14(8-11-28-2)22-20(16(15)18(23)25)12-6-3-4-7-13(12)21-19(20)26/h3-4,6-7,14-16,22H,5,8-11H2,1-2H3,(H,21,26)/t14-,15-,16+,20-/m1/s1. The SMILES string of the molecule is COCCCN1C(=O)[C@H]2[C@@H](C1=O)[C@@]1(N[C@@H]2CCSC)C(=O)Nc2ccccc21. The largest absolute Gasteiger partial charge is 0.385 e. The number of benzene rings is 1. The van der Waals surface area contributed by atoms with E-state index in [1.165, 1.54) is 4.90 Å². The second-order valence-corrected chi connectivity index (χ2v) is 8.50. The van der Waals surface area contributed by atoms with Gasteiger partial charge in [0.25, 0.3) is 0 Å². The molecule has 4 atom stereocenters. The Balaban J connectivity index is 1.75. The average molecular weight is 404 g/mol. The summed E-state index contributed by atoms with van der Waals surface area (Å²) in [7, 11) is 1.60. The highest BCUT2D eigenvalue weighted by Gasteiger charge is 2.70. The second kappa shape index (κ2) is 7.50. The minimum absolute atomic E-state index is 0.168. The predicted molar refractivity (Wildman–Crippen MR) is 107 cm³/mol. The lowest BCUT2D eigenvalue weighted by atomic mass is 9.76. The van der Waals surface area contributed by atoms with Crippen LogP contribution in [0.5, 0.6) is 0 Å². The molecule has 3 heterocycles. The van der Waals surface area contributed by atoms with Gasteiger partial charge in [-0.2, -0.15) is 11.8 Å². The number of nitrogens with one attached hydrogen (secondary N) is 2. The third-order valence-corrected chi connectivity index (χ3v) is 6.72. The molecule has 1 aromatic carbocycles. The number of amides is 3. The van der Waals surface area contributed by atoms with Gasteiger partial charge in [0, 0.05) is 37.6 Å². The van der Waals surface area contributed by atoms with Gasteiger partial charge >= 0.3 is 0 Å². The van der Waals surface area contributed by atoms with Gasteiger partial charge in [-0.25, -0.2) is 0 Å². The van der Waals surface area contributed by atoms with E-state index in [-0.39, 0.29) is 23.8 Å². The molecule has 2 N–H and O–H groups in total. The van der Waals surface area contributed by atoms with Crippen LogP contribution in [0.25, 0.3) is 0 Å². The maximum absolute atomic E-state index is 13.4. The fraction of sp³-hybridized carbons (Fsp3) is 0.550. The van der Waals surface area contributed by atoms with E-state index in [1.807, 2.05) is 30.5 Å². The number of fused-ring (bicyclic) bond motifs is 4. The Hall–Kier alpha value is -1.90. The number of ether oxygens (including phenoxy) is 1. The van der Waals surface area contributed by atoms with Crippen molar-refractivity contribution in [3.8, 4) is 0 Å². The summed E-state index contributed by atoms with van der Waals surface area (Å²) in [6.07, 6.45) is 3.33. The number of methoxy groups -OCH3 is 1. The van der Waals surface area contributed by atoms with Crippen LogP contribution < -0.4 is 10.6 Å². The van der Waals surface area contributed by atoms with Gasteiger partial charge in [-0.1, -0.05) is 18.2 Å². The molecule has 0 unspecified atom stereocenters. The molecule has 2 saturated heterocycles. The summed E-state index contributed by atoms with van der Waals surface area (Å²) in [5.41, 5.74) is 0.302. The highest BCUT2D eigenvalue weighted by molar-refractivity contribution is 7.98. The molecular formula is C20H25N3O4S. The van der Waals surface area contributed by atoms with E-state index in [1.54, 1.807) is 18.9 Å². The summed E-state index contributed by atoms with van der Waals surface area (Å²) in [6, 6.07) is 7.22. The van der Waals surface area contributed by atoms with Crippen molar-refractivity contribution in [3.05, 3.63) is 29.8 Å². The Kier molecular flexibility index (Phi) is 5.20. The number of carbonyl (C=O) groups is 3. The van der Waals surface area contributed by atoms with Gasteiger partial charge in [0.1, 0.15) is 5.54 Å². The van der Waals surface area contributed by atoms with Gasteiger partial charge in [0.05, 0.1) is 11.8 Å². The molecule has 0 bridgehead atoms. The van der Waals surface area contributed by atoms with Crippen LogP contribution in [0.1, 0.15) is 18.4 Å². The second-order valence-electron chi connectivity index (χ2n) is 7.52. The lowest BCUT2D eigenvalue weighted by molar-refractivity contribution is -0.143. The molecule has 4 rings (SSSR count). The number of rotatable bonds is 7. The van der Waals surface area contributed by atoms with E-state index in [0.717, 1.165) is 17.7 Å². The number of carbonyl (C=O) groups excluding carboxylic acids is 3. The predicted octanol–water partition coefficient (Wildman–Crippen LogP) is 1.20. The number of thioether (sulfide) groups is 1. The number of hydrogen-bond acceptors (Lipinski definition) is 6. The zero-order valence-corrected chi connectivity index (χ0v) is 16.9. The first kappa shape index (κ1) is 19.4. The zero-order valence-electron chi connectivity index (χ0n) is 16.1. The topological polar surface area (TPSA) is 87.7 Å². The summed E-state index contributed by atoms with van der Waals surface area (Å²) in [5.74, 6) is -1.03. The number of imide groups is 1. The molecule has 7 nitrogen and oxygen atoms in total. The number of nitrogens with zero attached hydrogens (tertiary/aromatic N) is 1. The number of anilines is 1. The maximum Gasteiger partial charge on any atom is 0.250 e. The molecule has 3 amide bonds. The van der Waals surface area contributed by atoms with Crippen molar-refractivity contribution in [1.82, 2.24) is 10.2 Å². The third kappa shape index (κ3) is 2.69. The summed E-state index contributed by atoms with van der Waals surface area (Å²) >= 11 is 1.69. The Bertz CT molecular complexity index is 816.